The molecule has 0 spiro atoms. The van der Waals surface area contributed by atoms with E-state index in [0.717, 1.165) is 32.6 Å². The lowest BCUT2D eigenvalue weighted by Crippen LogP contribution is -2.52. The number of aromatic carboxylic acids is 1. The molecule has 1 N–H and O–H groups in total. The Labute approximate surface area is 116 Å². The topological polar surface area (TPSA) is 78.7 Å². The van der Waals surface area contributed by atoms with Crippen LogP contribution in [-0.2, 0) is 11.3 Å². The zero-order chi connectivity index (χ0) is 14.1. The minimum absolute atomic E-state index is 0.0107. The van der Waals surface area contributed by atoms with Gasteiger partial charge < -0.3 is 10.0 Å². The highest BCUT2D eigenvalue weighted by Crippen LogP contribution is 2.21. The molecule has 7 nitrogen and oxygen atoms in total. The van der Waals surface area contributed by atoms with Crippen molar-refractivity contribution in [2.45, 2.75) is 25.4 Å². The van der Waals surface area contributed by atoms with Gasteiger partial charge in [0.2, 0.25) is 5.91 Å². The fraction of sp³-hybridized carbons (Fsp3) is 0.615. The number of hydrogen-bond donors (Lipinski definition) is 1. The molecule has 1 atom stereocenters. The summed E-state index contributed by atoms with van der Waals surface area (Å²) in [4.78, 5) is 27.3. The molecule has 2 saturated heterocycles. The lowest BCUT2D eigenvalue weighted by molar-refractivity contribution is -0.134. The zero-order valence-electron chi connectivity index (χ0n) is 11.2. The third-order valence-corrected chi connectivity index (χ3v) is 4.12. The lowest BCUT2D eigenvalue weighted by Gasteiger charge is -2.37. The van der Waals surface area contributed by atoms with Gasteiger partial charge >= 0.3 is 5.97 Å². The summed E-state index contributed by atoms with van der Waals surface area (Å²) in [5, 5.41) is 12.7. The number of fused-ring (bicyclic) bond motifs is 1. The molecule has 0 aromatic carbocycles. The monoisotopic (exact) mass is 278 g/mol. The van der Waals surface area contributed by atoms with E-state index in [-0.39, 0.29) is 18.0 Å². The first kappa shape index (κ1) is 13.1. The van der Waals surface area contributed by atoms with E-state index in [1.54, 1.807) is 0 Å². The standard InChI is InChI=1S/C13H18N4O3/c18-12(9-17-7-10(6-14-17)13(19)20)16-5-4-15-3-1-2-11(15)8-16/h6-7,11H,1-5,8-9H2,(H,19,20). The number of carboxylic acids is 1. The number of carbonyl (C=O) groups excluding carboxylic acids is 1. The largest absolute Gasteiger partial charge is 0.478 e. The van der Waals surface area contributed by atoms with Crippen molar-refractivity contribution in [1.29, 1.82) is 0 Å². The molecule has 1 aromatic rings. The van der Waals surface area contributed by atoms with E-state index in [0.29, 0.717) is 6.04 Å². The number of hydrogen-bond acceptors (Lipinski definition) is 4. The van der Waals surface area contributed by atoms with Crippen LogP contribution >= 0.6 is 0 Å². The molecule has 0 bridgehead atoms. The van der Waals surface area contributed by atoms with Crippen molar-refractivity contribution in [3.05, 3.63) is 18.0 Å². The van der Waals surface area contributed by atoms with E-state index < -0.39 is 5.97 Å². The van der Waals surface area contributed by atoms with Crippen LogP contribution in [0.1, 0.15) is 23.2 Å². The second kappa shape index (κ2) is 5.24. The van der Waals surface area contributed by atoms with Crippen LogP contribution in [0.4, 0.5) is 0 Å². The van der Waals surface area contributed by atoms with Crippen LogP contribution in [-0.4, -0.2) is 68.8 Å². The SMILES string of the molecule is O=C(O)c1cnn(CC(=O)N2CCN3CCCC3C2)c1. The van der Waals surface area contributed by atoms with Gasteiger partial charge in [-0.15, -0.1) is 0 Å². The molecule has 20 heavy (non-hydrogen) atoms. The molecule has 0 saturated carbocycles. The molecule has 7 heteroatoms. The molecule has 2 aliphatic heterocycles. The summed E-state index contributed by atoms with van der Waals surface area (Å²) in [5.41, 5.74) is 0.110. The van der Waals surface area contributed by atoms with E-state index >= 15 is 0 Å². The molecular formula is C13H18N4O3. The van der Waals surface area contributed by atoms with Gasteiger partial charge in [0, 0.05) is 31.9 Å². The van der Waals surface area contributed by atoms with Gasteiger partial charge in [-0.25, -0.2) is 4.79 Å². The highest BCUT2D eigenvalue weighted by molar-refractivity contribution is 5.87. The lowest BCUT2D eigenvalue weighted by atomic mass is 10.1. The Hall–Kier alpha value is -1.89. The first-order valence-electron chi connectivity index (χ1n) is 6.91. The molecule has 1 amide bonds. The Kier molecular flexibility index (Phi) is 3.43. The average Bonchev–Trinajstić information content (AvgIpc) is 3.05. The van der Waals surface area contributed by atoms with E-state index in [2.05, 4.69) is 10.00 Å². The van der Waals surface area contributed by atoms with Gasteiger partial charge in [0.15, 0.2) is 0 Å². The maximum absolute atomic E-state index is 12.2. The van der Waals surface area contributed by atoms with Crippen molar-refractivity contribution in [3.63, 3.8) is 0 Å². The molecule has 0 aliphatic carbocycles. The predicted molar refractivity (Wildman–Crippen MR) is 70.4 cm³/mol. The average molecular weight is 278 g/mol. The van der Waals surface area contributed by atoms with E-state index in [4.69, 9.17) is 5.11 Å². The molecule has 2 fully saturated rings. The third kappa shape index (κ3) is 2.53. The minimum Gasteiger partial charge on any atom is -0.478 e. The number of aromatic nitrogens is 2. The van der Waals surface area contributed by atoms with Crippen LogP contribution in [0.15, 0.2) is 12.4 Å². The smallest absolute Gasteiger partial charge is 0.338 e. The number of piperazine rings is 1. The Morgan fingerprint density at radius 1 is 1.35 bits per heavy atom. The van der Waals surface area contributed by atoms with Crippen molar-refractivity contribution in [1.82, 2.24) is 19.6 Å². The fourth-order valence-electron chi connectivity index (χ4n) is 3.02. The number of amides is 1. The van der Waals surface area contributed by atoms with Crippen LogP contribution in [0.25, 0.3) is 0 Å². The van der Waals surface area contributed by atoms with Crippen LogP contribution in [0, 0.1) is 0 Å². The summed E-state index contributed by atoms with van der Waals surface area (Å²) in [6.07, 6.45) is 5.04. The summed E-state index contributed by atoms with van der Waals surface area (Å²) in [6, 6.07) is 0.500. The van der Waals surface area contributed by atoms with E-state index in [1.807, 2.05) is 4.90 Å². The number of nitrogens with zero attached hydrogens (tertiary/aromatic N) is 4. The van der Waals surface area contributed by atoms with Crippen LogP contribution in [0.2, 0.25) is 0 Å². The zero-order valence-corrected chi connectivity index (χ0v) is 11.2. The van der Waals surface area contributed by atoms with Gasteiger partial charge in [-0.2, -0.15) is 5.10 Å². The normalized spacial score (nSPS) is 22.8. The highest BCUT2D eigenvalue weighted by atomic mass is 16.4. The Balaban J connectivity index is 1.59. The molecule has 3 rings (SSSR count). The van der Waals surface area contributed by atoms with Gasteiger partial charge in [0.05, 0.1) is 11.8 Å². The molecule has 1 aromatic heterocycles. The molecule has 1 unspecified atom stereocenters. The number of rotatable bonds is 3. The molecule has 0 radical (unpaired) electrons. The Morgan fingerprint density at radius 3 is 2.95 bits per heavy atom. The second-order valence-electron chi connectivity index (χ2n) is 5.40. The van der Waals surface area contributed by atoms with Crippen molar-refractivity contribution in [2.24, 2.45) is 0 Å². The second-order valence-corrected chi connectivity index (χ2v) is 5.40. The predicted octanol–water partition coefficient (Wildman–Crippen LogP) is -0.112. The van der Waals surface area contributed by atoms with Crippen LogP contribution in [0.3, 0.4) is 0 Å². The third-order valence-electron chi connectivity index (χ3n) is 4.12. The maximum atomic E-state index is 12.2. The number of carbonyl (C=O) groups is 2. The van der Waals surface area contributed by atoms with Gasteiger partial charge in [-0.05, 0) is 19.4 Å². The van der Waals surface area contributed by atoms with Crippen molar-refractivity contribution in [3.8, 4) is 0 Å². The summed E-state index contributed by atoms with van der Waals surface area (Å²) < 4.78 is 1.40. The van der Waals surface area contributed by atoms with Gasteiger partial charge in [0.25, 0.3) is 0 Å². The van der Waals surface area contributed by atoms with Crippen molar-refractivity contribution in [2.75, 3.05) is 26.2 Å². The van der Waals surface area contributed by atoms with Crippen LogP contribution < -0.4 is 0 Å². The van der Waals surface area contributed by atoms with E-state index in [1.165, 1.54) is 23.5 Å². The van der Waals surface area contributed by atoms with Crippen LogP contribution in [0.5, 0.6) is 0 Å². The summed E-state index contributed by atoms with van der Waals surface area (Å²) in [7, 11) is 0. The summed E-state index contributed by atoms with van der Waals surface area (Å²) in [5.74, 6) is -1.01. The quantitative estimate of drug-likeness (QED) is 0.834. The van der Waals surface area contributed by atoms with Gasteiger partial charge in [-0.1, -0.05) is 0 Å². The van der Waals surface area contributed by atoms with Crippen molar-refractivity contribution < 1.29 is 14.7 Å². The first-order chi connectivity index (χ1) is 9.63. The van der Waals surface area contributed by atoms with Gasteiger partial charge in [0.1, 0.15) is 6.54 Å². The first-order valence-corrected chi connectivity index (χ1v) is 6.91. The Bertz CT molecular complexity index is 527. The summed E-state index contributed by atoms with van der Waals surface area (Å²) >= 11 is 0. The van der Waals surface area contributed by atoms with Crippen molar-refractivity contribution >= 4 is 11.9 Å². The van der Waals surface area contributed by atoms with Gasteiger partial charge in [-0.3, -0.25) is 14.4 Å². The molecule has 3 heterocycles. The molecular weight excluding hydrogens is 260 g/mol. The molecule has 2 aliphatic rings. The van der Waals surface area contributed by atoms with E-state index in [9.17, 15) is 9.59 Å². The fourth-order valence-corrected chi connectivity index (χ4v) is 3.02. The maximum Gasteiger partial charge on any atom is 0.338 e. The summed E-state index contributed by atoms with van der Waals surface area (Å²) in [6.45, 7) is 3.73. The highest BCUT2D eigenvalue weighted by Gasteiger charge is 2.32. The Morgan fingerprint density at radius 2 is 2.20 bits per heavy atom. The number of carboxylic acid groups (broad SMARTS) is 1. The molecule has 108 valence electrons. The minimum atomic E-state index is -1.02.